The molecule has 1 fully saturated rings. The first-order valence-corrected chi connectivity index (χ1v) is 8.17. The number of aromatic nitrogens is 1. The molecule has 2 heterocycles. The molecule has 0 unspecified atom stereocenters. The zero-order valence-corrected chi connectivity index (χ0v) is 13.4. The second-order valence-electron chi connectivity index (χ2n) is 6.21. The molecule has 23 heavy (non-hydrogen) atoms. The van der Waals surface area contributed by atoms with Gasteiger partial charge in [-0.1, -0.05) is 23.8 Å². The third-order valence-electron chi connectivity index (χ3n) is 4.37. The molecule has 0 bridgehead atoms. The third-order valence-corrected chi connectivity index (χ3v) is 4.37. The summed E-state index contributed by atoms with van der Waals surface area (Å²) in [6, 6.07) is 14.6. The van der Waals surface area contributed by atoms with Crippen LogP contribution in [0.25, 0.3) is 22.6 Å². The summed E-state index contributed by atoms with van der Waals surface area (Å²) in [6.07, 6.45) is 0. The van der Waals surface area contributed by atoms with Crippen molar-refractivity contribution in [2.24, 2.45) is 0 Å². The average molecular weight is 307 g/mol. The fraction of sp³-hybridized carbons (Fsp3) is 0.316. The minimum Gasteiger partial charge on any atom is -0.436 e. The predicted molar refractivity (Wildman–Crippen MR) is 92.3 cm³/mol. The topological polar surface area (TPSA) is 41.3 Å². The molecule has 0 aliphatic carbocycles. The molecule has 2 aromatic carbocycles. The lowest BCUT2D eigenvalue weighted by atomic mass is 10.1. The van der Waals surface area contributed by atoms with E-state index in [1.165, 1.54) is 11.1 Å². The van der Waals surface area contributed by atoms with E-state index in [1.807, 2.05) is 6.07 Å². The molecule has 1 saturated heterocycles. The van der Waals surface area contributed by atoms with Gasteiger partial charge in [-0.2, -0.15) is 0 Å². The fourth-order valence-corrected chi connectivity index (χ4v) is 3.02. The van der Waals surface area contributed by atoms with E-state index in [1.54, 1.807) is 0 Å². The summed E-state index contributed by atoms with van der Waals surface area (Å²) < 4.78 is 5.90. The van der Waals surface area contributed by atoms with Gasteiger partial charge >= 0.3 is 0 Å². The Morgan fingerprint density at radius 1 is 1.09 bits per heavy atom. The molecule has 3 aromatic rings. The summed E-state index contributed by atoms with van der Waals surface area (Å²) in [5, 5.41) is 3.39. The number of benzene rings is 2. The molecule has 1 N–H and O–H groups in total. The highest BCUT2D eigenvalue weighted by molar-refractivity contribution is 5.76. The van der Waals surface area contributed by atoms with Crippen molar-refractivity contribution < 1.29 is 4.42 Å². The average Bonchev–Trinajstić information content (AvgIpc) is 3.00. The minimum absolute atomic E-state index is 0.694. The summed E-state index contributed by atoms with van der Waals surface area (Å²) in [5.74, 6) is 0.694. The van der Waals surface area contributed by atoms with Crippen LogP contribution in [0, 0.1) is 6.92 Å². The molecule has 0 amide bonds. The molecule has 0 atom stereocenters. The molecule has 4 nitrogen and oxygen atoms in total. The smallest absolute Gasteiger partial charge is 0.227 e. The van der Waals surface area contributed by atoms with Crippen LogP contribution in [0.15, 0.2) is 46.9 Å². The van der Waals surface area contributed by atoms with Crippen molar-refractivity contribution in [3.63, 3.8) is 0 Å². The first-order chi connectivity index (χ1) is 11.3. The molecule has 1 aliphatic rings. The number of rotatable bonds is 3. The van der Waals surface area contributed by atoms with Gasteiger partial charge in [-0.25, -0.2) is 4.98 Å². The van der Waals surface area contributed by atoms with Crippen LogP contribution in [0.5, 0.6) is 0 Å². The van der Waals surface area contributed by atoms with Crippen LogP contribution in [-0.2, 0) is 6.54 Å². The van der Waals surface area contributed by atoms with Gasteiger partial charge in [0.05, 0.1) is 0 Å². The summed E-state index contributed by atoms with van der Waals surface area (Å²) >= 11 is 0. The number of aryl methyl sites for hydroxylation is 1. The fourth-order valence-electron chi connectivity index (χ4n) is 3.02. The largest absolute Gasteiger partial charge is 0.436 e. The Kier molecular flexibility index (Phi) is 3.85. The van der Waals surface area contributed by atoms with E-state index in [0.717, 1.165) is 49.4 Å². The van der Waals surface area contributed by atoms with E-state index in [2.05, 4.69) is 58.5 Å². The van der Waals surface area contributed by atoms with Gasteiger partial charge in [0.25, 0.3) is 0 Å². The molecule has 1 aromatic heterocycles. The van der Waals surface area contributed by atoms with E-state index < -0.39 is 0 Å². The summed E-state index contributed by atoms with van der Waals surface area (Å²) in [7, 11) is 0. The van der Waals surface area contributed by atoms with Crippen LogP contribution in [0.3, 0.4) is 0 Å². The number of hydrogen-bond donors (Lipinski definition) is 1. The molecule has 118 valence electrons. The van der Waals surface area contributed by atoms with E-state index >= 15 is 0 Å². The van der Waals surface area contributed by atoms with Gasteiger partial charge in [-0.3, -0.25) is 4.90 Å². The lowest BCUT2D eigenvalue weighted by Crippen LogP contribution is -2.42. The quantitative estimate of drug-likeness (QED) is 0.807. The molecule has 4 rings (SSSR count). The van der Waals surface area contributed by atoms with Crippen LogP contribution < -0.4 is 5.32 Å². The first-order valence-electron chi connectivity index (χ1n) is 8.17. The Balaban J connectivity index is 1.60. The van der Waals surface area contributed by atoms with Crippen molar-refractivity contribution in [2.75, 3.05) is 26.2 Å². The predicted octanol–water partition coefficient (Wildman–Crippen LogP) is 3.21. The Labute approximate surface area is 136 Å². The number of piperazine rings is 1. The second kappa shape index (κ2) is 6.14. The standard InChI is InChI=1S/C19H21N3O/c1-14-2-5-16(6-3-14)19-21-17-12-15(4-7-18(17)23-19)13-22-10-8-20-9-11-22/h2-7,12,20H,8-11,13H2,1H3. The van der Waals surface area contributed by atoms with Crippen LogP contribution in [0.4, 0.5) is 0 Å². The van der Waals surface area contributed by atoms with E-state index in [9.17, 15) is 0 Å². The molecule has 0 spiro atoms. The van der Waals surface area contributed by atoms with Crippen molar-refractivity contribution in [1.82, 2.24) is 15.2 Å². The van der Waals surface area contributed by atoms with Gasteiger partial charge in [0.2, 0.25) is 5.89 Å². The molecule has 0 radical (unpaired) electrons. The lowest BCUT2D eigenvalue weighted by molar-refractivity contribution is 0.233. The van der Waals surface area contributed by atoms with Crippen molar-refractivity contribution in [3.05, 3.63) is 53.6 Å². The van der Waals surface area contributed by atoms with Gasteiger partial charge in [0, 0.05) is 38.3 Å². The second-order valence-corrected chi connectivity index (χ2v) is 6.21. The van der Waals surface area contributed by atoms with Gasteiger partial charge < -0.3 is 9.73 Å². The Morgan fingerprint density at radius 3 is 2.65 bits per heavy atom. The molecular weight excluding hydrogens is 286 g/mol. The van der Waals surface area contributed by atoms with Gasteiger partial charge in [-0.05, 0) is 36.8 Å². The van der Waals surface area contributed by atoms with Crippen molar-refractivity contribution in [2.45, 2.75) is 13.5 Å². The normalized spacial score (nSPS) is 16.0. The molecule has 4 heteroatoms. The zero-order chi connectivity index (χ0) is 15.6. The van der Waals surface area contributed by atoms with Gasteiger partial charge in [-0.15, -0.1) is 0 Å². The maximum absolute atomic E-state index is 5.90. The summed E-state index contributed by atoms with van der Waals surface area (Å²) in [5.41, 5.74) is 5.35. The number of nitrogens with zero attached hydrogens (tertiary/aromatic N) is 2. The van der Waals surface area contributed by atoms with Crippen molar-refractivity contribution in [3.8, 4) is 11.5 Å². The number of oxazole rings is 1. The van der Waals surface area contributed by atoms with Gasteiger partial charge in [0.1, 0.15) is 5.52 Å². The molecule has 1 aliphatic heterocycles. The molecular formula is C19H21N3O. The van der Waals surface area contributed by atoms with Crippen molar-refractivity contribution in [1.29, 1.82) is 0 Å². The maximum atomic E-state index is 5.90. The summed E-state index contributed by atoms with van der Waals surface area (Å²) in [4.78, 5) is 7.14. The monoisotopic (exact) mass is 307 g/mol. The maximum Gasteiger partial charge on any atom is 0.227 e. The van der Waals surface area contributed by atoms with Crippen molar-refractivity contribution >= 4 is 11.1 Å². The van der Waals surface area contributed by atoms with E-state index in [4.69, 9.17) is 4.42 Å². The highest BCUT2D eigenvalue weighted by Crippen LogP contribution is 2.25. The Hall–Kier alpha value is -2.17. The highest BCUT2D eigenvalue weighted by atomic mass is 16.3. The SMILES string of the molecule is Cc1ccc(-c2nc3cc(CN4CCNCC4)ccc3o2)cc1. The van der Waals surface area contributed by atoms with E-state index in [-0.39, 0.29) is 0 Å². The van der Waals surface area contributed by atoms with Crippen LogP contribution in [-0.4, -0.2) is 36.1 Å². The third kappa shape index (κ3) is 3.14. The van der Waals surface area contributed by atoms with Crippen LogP contribution in [0.1, 0.15) is 11.1 Å². The lowest BCUT2D eigenvalue weighted by Gasteiger charge is -2.27. The molecule has 0 saturated carbocycles. The van der Waals surface area contributed by atoms with Crippen LogP contribution in [0.2, 0.25) is 0 Å². The number of fused-ring (bicyclic) bond motifs is 1. The number of hydrogen-bond acceptors (Lipinski definition) is 4. The minimum atomic E-state index is 0.694. The Bertz CT molecular complexity index is 801. The zero-order valence-electron chi connectivity index (χ0n) is 13.4. The number of nitrogens with one attached hydrogen (secondary N) is 1. The first kappa shape index (κ1) is 14.4. The van der Waals surface area contributed by atoms with Gasteiger partial charge in [0.15, 0.2) is 5.58 Å². The highest BCUT2D eigenvalue weighted by Gasteiger charge is 2.12. The summed E-state index contributed by atoms with van der Waals surface area (Å²) in [6.45, 7) is 7.41. The van der Waals surface area contributed by atoms with Crippen LogP contribution >= 0.6 is 0 Å². The van der Waals surface area contributed by atoms with E-state index in [0.29, 0.717) is 5.89 Å². The Morgan fingerprint density at radius 2 is 1.87 bits per heavy atom.